The molecule has 0 atom stereocenters. The highest BCUT2D eigenvalue weighted by molar-refractivity contribution is 5.97. The van der Waals surface area contributed by atoms with Gasteiger partial charge in [0.2, 0.25) is 5.91 Å². The van der Waals surface area contributed by atoms with Crippen LogP contribution in [0.25, 0.3) is 0 Å². The van der Waals surface area contributed by atoms with Crippen molar-refractivity contribution < 1.29 is 18.4 Å². The molecule has 2 amide bonds. The third-order valence-electron chi connectivity index (χ3n) is 3.45. The maximum atomic E-state index is 13.5. The molecular weight excluding hydrogens is 316 g/mol. The molecule has 2 aromatic carbocycles. The summed E-state index contributed by atoms with van der Waals surface area (Å²) in [5.41, 5.74) is 1.55. The van der Waals surface area contributed by atoms with E-state index >= 15 is 0 Å². The Balaban J connectivity index is 2.04. The van der Waals surface area contributed by atoms with E-state index in [1.807, 2.05) is 0 Å². The van der Waals surface area contributed by atoms with Crippen LogP contribution in [0, 0.1) is 18.6 Å². The van der Waals surface area contributed by atoms with Crippen LogP contribution in [0.2, 0.25) is 0 Å². The summed E-state index contributed by atoms with van der Waals surface area (Å²) in [5.74, 6) is -2.14. The molecule has 0 aliphatic carbocycles. The van der Waals surface area contributed by atoms with Gasteiger partial charge in [-0.3, -0.25) is 9.59 Å². The highest BCUT2D eigenvalue weighted by Gasteiger charge is 2.12. The standard InChI is InChI=1S/C17H17F2N3O2/c1-10-12(17(24)20-2)4-3-5-14(10)21-9-16(23)22-15-8-11(18)6-7-13(15)19/h3-8,21H,9H2,1-2H3,(H,20,24)(H,22,23). The fourth-order valence-corrected chi connectivity index (χ4v) is 2.17. The molecule has 0 saturated heterocycles. The van der Waals surface area contributed by atoms with E-state index in [0.717, 1.165) is 18.2 Å². The Morgan fingerprint density at radius 2 is 1.83 bits per heavy atom. The Bertz CT molecular complexity index is 778. The maximum Gasteiger partial charge on any atom is 0.251 e. The summed E-state index contributed by atoms with van der Waals surface area (Å²) in [4.78, 5) is 23.6. The predicted octanol–water partition coefficient (Wildman–Crippen LogP) is 2.68. The Morgan fingerprint density at radius 1 is 1.08 bits per heavy atom. The molecular formula is C17H17F2N3O2. The molecule has 0 aromatic heterocycles. The van der Waals surface area contributed by atoms with Crippen molar-refractivity contribution in [1.29, 1.82) is 0 Å². The lowest BCUT2D eigenvalue weighted by atomic mass is 10.1. The lowest BCUT2D eigenvalue weighted by Gasteiger charge is -2.13. The van der Waals surface area contributed by atoms with Gasteiger partial charge in [-0.1, -0.05) is 6.07 Å². The van der Waals surface area contributed by atoms with Gasteiger partial charge in [-0.05, 0) is 36.8 Å². The monoisotopic (exact) mass is 333 g/mol. The van der Waals surface area contributed by atoms with E-state index in [9.17, 15) is 18.4 Å². The third-order valence-corrected chi connectivity index (χ3v) is 3.45. The van der Waals surface area contributed by atoms with Crippen LogP contribution in [0.4, 0.5) is 20.2 Å². The number of nitrogens with one attached hydrogen (secondary N) is 3. The molecule has 126 valence electrons. The van der Waals surface area contributed by atoms with Crippen molar-refractivity contribution in [3.05, 3.63) is 59.2 Å². The lowest BCUT2D eigenvalue weighted by molar-refractivity contribution is -0.114. The quantitative estimate of drug-likeness (QED) is 0.788. The van der Waals surface area contributed by atoms with Crippen LogP contribution in [0.5, 0.6) is 0 Å². The Morgan fingerprint density at radius 3 is 2.54 bits per heavy atom. The minimum absolute atomic E-state index is 0.159. The fraction of sp³-hybridized carbons (Fsp3) is 0.176. The van der Waals surface area contributed by atoms with Crippen LogP contribution in [0.15, 0.2) is 36.4 Å². The van der Waals surface area contributed by atoms with Gasteiger partial charge in [0, 0.05) is 24.4 Å². The topological polar surface area (TPSA) is 70.2 Å². The molecule has 7 heteroatoms. The first kappa shape index (κ1) is 17.4. The summed E-state index contributed by atoms with van der Waals surface area (Å²) in [5, 5.41) is 7.71. The van der Waals surface area contributed by atoms with Crippen LogP contribution < -0.4 is 16.0 Å². The minimum atomic E-state index is -0.720. The molecule has 0 heterocycles. The average Bonchev–Trinajstić information content (AvgIpc) is 2.56. The van der Waals surface area contributed by atoms with E-state index in [-0.39, 0.29) is 18.1 Å². The van der Waals surface area contributed by atoms with Crippen molar-refractivity contribution in [2.75, 3.05) is 24.2 Å². The van der Waals surface area contributed by atoms with E-state index in [2.05, 4.69) is 16.0 Å². The van der Waals surface area contributed by atoms with Gasteiger partial charge in [0.05, 0.1) is 12.2 Å². The Kier molecular flexibility index (Phi) is 5.47. The second-order valence-electron chi connectivity index (χ2n) is 5.08. The first-order chi connectivity index (χ1) is 11.4. The number of benzene rings is 2. The number of halogens is 2. The minimum Gasteiger partial charge on any atom is -0.376 e. The van der Waals surface area contributed by atoms with Crippen LogP contribution >= 0.6 is 0 Å². The van der Waals surface area contributed by atoms with Crippen molar-refractivity contribution in [1.82, 2.24) is 5.32 Å². The van der Waals surface area contributed by atoms with Crippen molar-refractivity contribution in [3.8, 4) is 0 Å². The molecule has 2 aromatic rings. The summed E-state index contributed by atoms with van der Waals surface area (Å²) in [6.45, 7) is 1.59. The van der Waals surface area contributed by atoms with E-state index in [1.165, 1.54) is 7.05 Å². The zero-order valence-corrected chi connectivity index (χ0v) is 13.2. The van der Waals surface area contributed by atoms with Gasteiger partial charge >= 0.3 is 0 Å². The summed E-state index contributed by atoms with van der Waals surface area (Å²) in [6, 6.07) is 7.89. The number of rotatable bonds is 5. The van der Waals surface area contributed by atoms with Crippen LogP contribution in [0.1, 0.15) is 15.9 Å². The molecule has 0 aliphatic heterocycles. The lowest BCUT2D eigenvalue weighted by Crippen LogP contribution is -2.23. The molecule has 2 rings (SSSR count). The van der Waals surface area contributed by atoms with Gasteiger partial charge in [-0.2, -0.15) is 0 Å². The zero-order chi connectivity index (χ0) is 17.7. The molecule has 0 spiro atoms. The second kappa shape index (κ2) is 7.54. The van der Waals surface area contributed by atoms with Crippen molar-refractivity contribution >= 4 is 23.2 Å². The fourth-order valence-electron chi connectivity index (χ4n) is 2.17. The number of amides is 2. The number of hydrogen-bond donors (Lipinski definition) is 3. The number of carbonyl (C=O) groups is 2. The van der Waals surface area contributed by atoms with Gasteiger partial charge in [-0.25, -0.2) is 8.78 Å². The third kappa shape index (κ3) is 4.07. The Labute approximate surface area is 138 Å². The van der Waals surface area contributed by atoms with Crippen LogP contribution in [-0.4, -0.2) is 25.4 Å². The molecule has 3 N–H and O–H groups in total. The van der Waals surface area contributed by atoms with E-state index < -0.39 is 17.5 Å². The largest absolute Gasteiger partial charge is 0.376 e. The molecule has 0 saturated carbocycles. The number of hydrogen-bond acceptors (Lipinski definition) is 3. The zero-order valence-electron chi connectivity index (χ0n) is 13.2. The van der Waals surface area contributed by atoms with E-state index in [4.69, 9.17) is 0 Å². The SMILES string of the molecule is CNC(=O)c1cccc(NCC(=O)Nc2cc(F)ccc2F)c1C. The highest BCUT2D eigenvalue weighted by Crippen LogP contribution is 2.19. The molecule has 0 radical (unpaired) electrons. The molecule has 5 nitrogen and oxygen atoms in total. The van der Waals surface area contributed by atoms with Gasteiger partial charge in [0.1, 0.15) is 11.6 Å². The van der Waals surface area contributed by atoms with Gasteiger partial charge < -0.3 is 16.0 Å². The molecule has 24 heavy (non-hydrogen) atoms. The second-order valence-corrected chi connectivity index (χ2v) is 5.08. The van der Waals surface area contributed by atoms with Crippen LogP contribution in [-0.2, 0) is 4.79 Å². The van der Waals surface area contributed by atoms with E-state index in [1.54, 1.807) is 25.1 Å². The number of anilines is 2. The van der Waals surface area contributed by atoms with Crippen molar-refractivity contribution in [2.24, 2.45) is 0 Å². The predicted molar refractivity (Wildman–Crippen MR) is 88.0 cm³/mol. The highest BCUT2D eigenvalue weighted by atomic mass is 19.1. The summed E-state index contributed by atoms with van der Waals surface area (Å²) < 4.78 is 26.6. The van der Waals surface area contributed by atoms with Crippen LogP contribution in [0.3, 0.4) is 0 Å². The number of carbonyl (C=O) groups excluding carboxylic acids is 2. The van der Waals surface area contributed by atoms with Gasteiger partial charge in [0.15, 0.2) is 0 Å². The van der Waals surface area contributed by atoms with Gasteiger partial charge in [-0.15, -0.1) is 0 Å². The molecule has 0 unspecified atom stereocenters. The first-order valence-corrected chi connectivity index (χ1v) is 7.23. The van der Waals surface area contributed by atoms with Gasteiger partial charge in [0.25, 0.3) is 5.91 Å². The average molecular weight is 333 g/mol. The summed E-state index contributed by atoms with van der Waals surface area (Å²) in [6.07, 6.45) is 0. The Hall–Kier alpha value is -2.96. The molecule has 0 fully saturated rings. The normalized spacial score (nSPS) is 10.2. The molecule has 0 aliphatic rings. The van der Waals surface area contributed by atoms with Crippen molar-refractivity contribution in [3.63, 3.8) is 0 Å². The maximum absolute atomic E-state index is 13.5. The summed E-state index contributed by atoms with van der Waals surface area (Å²) >= 11 is 0. The molecule has 0 bridgehead atoms. The van der Waals surface area contributed by atoms with Crippen molar-refractivity contribution in [2.45, 2.75) is 6.92 Å². The first-order valence-electron chi connectivity index (χ1n) is 7.23. The summed E-state index contributed by atoms with van der Waals surface area (Å²) in [7, 11) is 1.53. The smallest absolute Gasteiger partial charge is 0.251 e. The van der Waals surface area contributed by atoms with E-state index in [0.29, 0.717) is 16.8 Å².